The first-order chi connectivity index (χ1) is 9.98. The Kier molecular flexibility index (Phi) is 5.57. The molecule has 0 heterocycles. The quantitative estimate of drug-likeness (QED) is 0.786. The van der Waals surface area contributed by atoms with Crippen LogP contribution in [0.1, 0.15) is 37.7 Å². The number of hydrogen-bond donors (Lipinski definition) is 2. The molecule has 6 heteroatoms. The smallest absolute Gasteiger partial charge is 0.333 e. The molecule has 0 aliphatic heterocycles. The number of carboxylic acids is 1. The Balaban J connectivity index is 2.04. The number of rotatable bonds is 6. The minimum Gasteiger partial charge on any atom is -0.479 e. The molecule has 1 aromatic rings. The van der Waals surface area contributed by atoms with Crippen LogP contribution in [-0.2, 0) is 20.0 Å². The van der Waals surface area contributed by atoms with Crippen molar-refractivity contribution in [3.63, 3.8) is 0 Å². The maximum Gasteiger partial charge on any atom is 0.333 e. The van der Waals surface area contributed by atoms with Crippen LogP contribution in [0.3, 0.4) is 0 Å². The second-order valence-corrected chi connectivity index (χ2v) is 7.35. The van der Waals surface area contributed by atoms with Crippen molar-refractivity contribution in [1.82, 2.24) is 0 Å². The first-order valence-corrected chi connectivity index (χ1v) is 9.01. The van der Waals surface area contributed by atoms with Gasteiger partial charge in [-0.05, 0) is 24.3 Å². The van der Waals surface area contributed by atoms with E-state index in [1.807, 2.05) is 6.07 Å². The topological polar surface area (TPSA) is 83.8 Å². The zero-order valence-corrected chi connectivity index (χ0v) is 12.7. The maximum absolute atomic E-state index is 12.2. The van der Waals surface area contributed by atoms with E-state index in [9.17, 15) is 19.4 Å². The van der Waals surface area contributed by atoms with E-state index in [1.54, 1.807) is 24.3 Å². The van der Waals surface area contributed by atoms with E-state index in [0.29, 0.717) is 5.56 Å². The van der Waals surface area contributed by atoms with Gasteiger partial charge in [0.05, 0.1) is 6.16 Å². The Morgan fingerprint density at radius 3 is 2.43 bits per heavy atom. The van der Waals surface area contributed by atoms with E-state index >= 15 is 0 Å². The standard InChI is InChI=1S/C15H21O5P/c16-15(17)14(13-9-5-2-6-10-13)20-21(18,19)11-12-7-3-1-4-8-12/h1,3-4,7-8,13-14H,2,5-6,9-11H2,(H,16,17)(H,18,19). The van der Waals surface area contributed by atoms with Crippen molar-refractivity contribution in [1.29, 1.82) is 0 Å². The van der Waals surface area contributed by atoms with E-state index < -0.39 is 19.7 Å². The fourth-order valence-corrected chi connectivity index (χ4v) is 4.16. The Bertz CT molecular complexity index is 510. The van der Waals surface area contributed by atoms with Gasteiger partial charge < -0.3 is 10.00 Å². The number of carbonyl (C=O) groups is 1. The van der Waals surface area contributed by atoms with Crippen molar-refractivity contribution < 1.29 is 23.9 Å². The average Bonchev–Trinajstić information content (AvgIpc) is 2.46. The van der Waals surface area contributed by atoms with E-state index in [-0.39, 0.29) is 12.1 Å². The van der Waals surface area contributed by atoms with Gasteiger partial charge in [-0.2, -0.15) is 0 Å². The van der Waals surface area contributed by atoms with Crippen molar-refractivity contribution in [2.45, 2.75) is 44.4 Å². The molecule has 0 saturated heterocycles. The fourth-order valence-electron chi connectivity index (χ4n) is 2.80. The minimum absolute atomic E-state index is 0.162. The van der Waals surface area contributed by atoms with Crippen molar-refractivity contribution in [2.24, 2.45) is 5.92 Å². The van der Waals surface area contributed by atoms with Gasteiger partial charge in [0.2, 0.25) is 0 Å². The summed E-state index contributed by atoms with van der Waals surface area (Å²) in [4.78, 5) is 21.4. The molecule has 21 heavy (non-hydrogen) atoms. The maximum atomic E-state index is 12.2. The summed E-state index contributed by atoms with van der Waals surface area (Å²) >= 11 is 0. The second kappa shape index (κ2) is 7.21. The number of aliphatic carboxylic acids is 1. The lowest BCUT2D eigenvalue weighted by atomic mass is 9.85. The molecule has 0 amide bonds. The van der Waals surface area contributed by atoms with Crippen LogP contribution in [-0.4, -0.2) is 22.1 Å². The van der Waals surface area contributed by atoms with Gasteiger partial charge in [-0.15, -0.1) is 0 Å². The molecule has 1 fully saturated rings. The van der Waals surface area contributed by atoms with Gasteiger partial charge in [-0.1, -0.05) is 49.6 Å². The molecular formula is C15H21O5P. The van der Waals surface area contributed by atoms with Crippen molar-refractivity contribution in [3.05, 3.63) is 35.9 Å². The van der Waals surface area contributed by atoms with Crippen LogP contribution in [0.4, 0.5) is 0 Å². The molecule has 1 aliphatic rings. The van der Waals surface area contributed by atoms with Gasteiger partial charge in [0.1, 0.15) is 0 Å². The van der Waals surface area contributed by atoms with Crippen molar-refractivity contribution in [2.75, 3.05) is 0 Å². The van der Waals surface area contributed by atoms with Crippen LogP contribution in [0.5, 0.6) is 0 Å². The van der Waals surface area contributed by atoms with E-state index in [1.165, 1.54) is 0 Å². The Labute approximate surface area is 124 Å². The molecule has 0 spiro atoms. The zero-order valence-electron chi connectivity index (χ0n) is 11.9. The lowest BCUT2D eigenvalue weighted by Crippen LogP contribution is -2.33. The summed E-state index contributed by atoms with van der Waals surface area (Å²) in [6.45, 7) is 0. The van der Waals surface area contributed by atoms with Crippen molar-refractivity contribution >= 4 is 13.6 Å². The van der Waals surface area contributed by atoms with Crippen LogP contribution >= 0.6 is 7.60 Å². The SMILES string of the molecule is O=C(O)C(OP(=O)(O)Cc1ccccc1)C1CCCCC1. The molecule has 5 nitrogen and oxygen atoms in total. The molecule has 0 bridgehead atoms. The molecule has 2 N–H and O–H groups in total. The highest BCUT2D eigenvalue weighted by atomic mass is 31.2. The Hall–Kier alpha value is -1.16. The molecule has 1 aliphatic carbocycles. The van der Waals surface area contributed by atoms with Gasteiger partial charge in [0, 0.05) is 0 Å². The Morgan fingerprint density at radius 2 is 1.86 bits per heavy atom. The van der Waals surface area contributed by atoms with E-state index in [4.69, 9.17) is 4.52 Å². The highest BCUT2D eigenvalue weighted by Gasteiger charge is 2.36. The summed E-state index contributed by atoms with van der Waals surface area (Å²) in [5.74, 6) is -1.32. The van der Waals surface area contributed by atoms with E-state index in [0.717, 1.165) is 32.1 Å². The third-order valence-corrected chi connectivity index (χ3v) is 5.15. The molecule has 116 valence electrons. The van der Waals surface area contributed by atoms with Gasteiger partial charge in [0.15, 0.2) is 6.10 Å². The molecule has 2 rings (SSSR count). The first kappa shape index (κ1) is 16.2. The molecule has 1 aromatic carbocycles. The summed E-state index contributed by atoms with van der Waals surface area (Å²) in [6, 6.07) is 8.80. The molecule has 1 saturated carbocycles. The predicted molar refractivity (Wildman–Crippen MR) is 79.1 cm³/mol. The lowest BCUT2D eigenvalue weighted by Gasteiger charge is -2.28. The van der Waals surface area contributed by atoms with Crippen LogP contribution in [0.15, 0.2) is 30.3 Å². The third-order valence-electron chi connectivity index (χ3n) is 3.82. The molecular weight excluding hydrogens is 291 g/mol. The van der Waals surface area contributed by atoms with Gasteiger partial charge in [0.25, 0.3) is 0 Å². The third kappa shape index (κ3) is 4.95. The van der Waals surface area contributed by atoms with Crippen LogP contribution < -0.4 is 0 Å². The summed E-state index contributed by atoms with van der Waals surface area (Å²) in [5.41, 5.74) is 0.663. The fraction of sp³-hybridized carbons (Fsp3) is 0.533. The Morgan fingerprint density at radius 1 is 1.24 bits per heavy atom. The number of carboxylic acid groups (broad SMARTS) is 1. The average molecular weight is 312 g/mol. The van der Waals surface area contributed by atoms with Gasteiger partial charge >= 0.3 is 13.6 Å². The van der Waals surface area contributed by atoms with Gasteiger partial charge in [-0.3, -0.25) is 9.09 Å². The van der Waals surface area contributed by atoms with Crippen LogP contribution in [0, 0.1) is 5.92 Å². The molecule has 2 atom stereocenters. The van der Waals surface area contributed by atoms with Gasteiger partial charge in [-0.25, -0.2) is 4.79 Å². The summed E-state index contributed by atoms with van der Waals surface area (Å²) in [6.07, 6.45) is 3.11. The largest absolute Gasteiger partial charge is 0.479 e. The second-order valence-electron chi connectivity index (χ2n) is 5.54. The van der Waals surface area contributed by atoms with Crippen molar-refractivity contribution in [3.8, 4) is 0 Å². The lowest BCUT2D eigenvalue weighted by molar-refractivity contribution is -0.148. The van der Waals surface area contributed by atoms with E-state index in [2.05, 4.69) is 0 Å². The van der Waals surface area contributed by atoms with Crippen LogP contribution in [0.25, 0.3) is 0 Å². The molecule has 0 aromatic heterocycles. The summed E-state index contributed by atoms with van der Waals surface area (Å²) < 4.78 is 17.4. The molecule has 2 unspecified atom stereocenters. The summed E-state index contributed by atoms with van der Waals surface area (Å²) in [5, 5.41) is 9.30. The number of hydrogen-bond acceptors (Lipinski definition) is 3. The summed E-state index contributed by atoms with van der Waals surface area (Å²) in [7, 11) is -3.97. The zero-order chi connectivity index (χ0) is 15.3. The minimum atomic E-state index is -3.97. The van der Waals surface area contributed by atoms with Crippen LogP contribution in [0.2, 0.25) is 0 Å². The number of benzene rings is 1. The molecule has 0 radical (unpaired) electrons. The monoisotopic (exact) mass is 312 g/mol. The normalized spacial score (nSPS) is 20.6. The highest BCUT2D eigenvalue weighted by molar-refractivity contribution is 7.52. The highest BCUT2D eigenvalue weighted by Crippen LogP contribution is 2.48. The first-order valence-electron chi connectivity index (χ1n) is 7.25. The predicted octanol–water partition coefficient (Wildman–Crippen LogP) is 3.42.